The Kier molecular flexibility index (Phi) is 5.02. The lowest BCUT2D eigenvalue weighted by molar-refractivity contribution is 0.637. The van der Waals surface area contributed by atoms with Gasteiger partial charge in [-0.3, -0.25) is 4.79 Å². The predicted octanol–water partition coefficient (Wildman–Crippen LogP) is 3.89. The normalized spacial score (nSPS) is 11.4. The Morgan fingerprint density at radius 2 is 1.89 bits per heavy atom. The second-order valence-electron chi connectivity index (χ2n) is 7.28. The van der Waals surface area contributed by atoms with E-state index < -0.39 is 0 Å². The van der Waals surface area contributed by atoms with Crippen molar-refractivity contribution >= 4 is 0 Å². The first-order valence-corrected chi connectivity index (χ1v) is 9.59. The van der Waals surface area contributed by atoms with Gasteiger partial charge in [0.25, 0.3) is 5.56 Å². The number of hydrogen-bond donors (Lipinski definition) is 1. The molecule has 1 aliphatic carbocycles. The number of nitrogens with one attached hydrogen (secondary N) is 1. The maximum atomic E-state index is 13.3. The molecule has 1 N–H and O–H groups in total. The molecule has 0 bridgehead atoms. The van der Waals surface area contributed by atoms with Gasteiger partial charge >= 0.3 is 0 Å². The Bertz CT molecular complexity index is 1080. The summed E-state index contributed by atoms with van der Waals surface area (Å²) in [5.74, 6) is 0.697. The topological polar surface area (TPSA) is 76.5 Å². The largest absolute Gasteiger partial charge is 0.308 e. The molecule has 2 aromatic rings. The van der Waals surface area contributed by atoms with Crippen LogP contribution in [0.5, 0.6) is 0 Å². The average molecular weight is 373 g/mol. The maximum Gasteiger partial charge on any atom is 0.262 e. The van der Waals surface area contributed by atoms with Crippen LogP contribution in [0.1, 0.15) is 37.3 Å². The molecule has 1 aromatic carbocycles. The standard InChI is InChI=1S/C22H23N5O/c1-15(2)17-11-6-12-19-18(14-17)20(21-23-25-26-24-21)22(28)27(19)13-7-10-16-8-4-3-5-9-16/h3-6,8-9,11-12,14-15H,7,10,13H2,1-2H3,(H,23,24,25,26). The maximum absolute atomic E-state index is 13.3. The van der Waals surface area contributed by atoms with Crippen LogP contribution < -0.4 is 5.56 Å². The van der Waals surface area contributed by atoms with Crippen molar-refractivity contribution in [3.05, 3.63) is 76.1 Å². The monoisotopic (exact) mass is 373 g/mol. The predicted molar refractivity (Wildman–Crippen MR) is 109 cm³/mol. The molecule has 0 amide bonds. The van der Waals surface area contributed by atoms with Gasteiger partial charge in [0.2, 0.25) is 5.82 Å². The van der Waals surface area contributed by atoms with Crippen molar-refractivity contribution in [3.8, 4) is 22.6 Å². The van der Waals surface area contributed by atoms with Crippen molar-refractivity contribution in [2.75, 3.05) is 0 Å². The zero-order valence-electron chi connectivity index (χ0n) is 16.1. The molecule has 0 unspecified atom stereocenters. The van der Waals surface area contributed by atoms with E-state index in [1.54, 1.807) is 0 Å². The lowest BCUT2D eigenvalue weighted by atomic mass is 10.0. The number of aromatic amines is 1. The number of tetrazole rings is 1. The summed E-state index contributed by atoms with van der Waals surface area (Å²) >= 11 is 0. The van der Waals surface area contributed by atoms with Gasteiger partial charge in [0.05, 0.1) is 11.3 Å². The first kappa shape index (κ1) is 18.1. The van der Waals surface area contributed by atoms with E-state index in [9.17, 15) is 4.79 Å². The van der Waals surface area contributed by atoms with Gasteiger partial charge < -0.3 is 4.57 Å². The van der Waals surface area contributed by atoms with Gasteiger partial charge in [0.15, 0.2) is 0 Å². The third-order valence-electron chi connectivity index (χ3n) is 5.07. The lowest BCUT2D eigenvalue weighted by Crippen LogP contribution is -2.17. The molecule has 4 rings (SSSR count). The van der Waals surface area contributed by atoms with Gasteiger partial charge in [0, 0.05) is 12.1 Å². The van der Waals surface area contributed by atoms with Gasteiger partial charge in [0.1, 0.15) is 0 Å². The fourth-order valence-corrected chi connectivity index (χ4v) is 3.57. The fourth-order valence-electron chi connectivity index (χ4n) is 3.57. The highest BCUT2D eigenvalue weighted by Gasteiger charge is 2.24. The van der Waals surface area contributed by atoms with Crippen molar-refractivity contribution in [1.82, 2.24) is 25.2 Å². The molecule has 0 radical (unpaired) electrons. The molecule has 0 spiro atoms. The molecule has 6 nitrogen and oxygen atoms in total. The Labute approximate surface area is 163 Å². The Morgan fingerprint density at radius 3 is 2.61 bits per heavy atom. The van der Waals surface area contributed by atoms with E-state index in [1.165, 1.54) is 11.1 Å². The van der Waals surface area contributed by atoms with Crippen molar-refractivity contribution in [1.29, 1.82) is 0 Å². The first-order valence-electron chi connectivity index (χ1n) is 9.59. The van der Waals surface area contributed by atoms with Gasteiger partial charge in [-0.2, -0.15) is 5.21 Å². The van der Waals surface area contributed by atoms with Crippen LogP contribution in [0.15, 0.2) is 59.4 Å². The smallest absolute Gasteiger partial charge is 0.262 e. The highest BCUT2D eigenvalue weighted by molar-refractivity contribution is 5.81. The lowest BCUT2D eigenvalue weighted by Gasteiger charge is -2.06. The summed E-state index contributed by atoms with van der Waals surface area (Å²) in [6.45, 7) is 4.93. The van der Waals surface area contributed by atoms with Crippen LogP contribution in [-0.4, -0.2) is 25.2 Å². The van der Waals surface area contributed by atoms with Gasteiger partial charge in [-0.15, -0.1) is 10.2 Å². The molecular formula is C22H23N5O. The summed E-state index contributed by atoms with van der Waals surface area (Å²) < 4.78 is 1.84. The molecular weight excluding hydrogens is 350 g/mol. The molecule has 142 valence electrons. The van der Waals surface area contributed by atoms with E-state index in [0.29, 0.717) is 23.9 Å². The summed E-state index contributed by atoms with van der Waals surface area (Å²) in [5.41, 5.74) is 4.68. The van der Waals surface area contributed by atoms with Gasteiger partial charge in [-0.1, -0.05) is 56.3 Å². The molecule has 1 aromatic heterocycles. The highest BCUT2D eigenvalue weighted by atomic mass is 16.1. The minimum Gasteiger partial charge on any atom is -0.308 e. The van der Waals surface area contributed by atoms with E-state index in [-0.39, 0.29) is 5.56 Å². The molecule has 2 aliphatic rings. The molecule has 28 heavy (non-hydrogen) atoms. The zero-order chi connectivity index (χ0) is 19.5. The SMILES string of the molecule is CC(C)c1cccc2n(CCCc3ccccc3)c(=O)c(-c3nn[nH]n3)c-2c1. The average Bonchev–Trinajstić information content (AvgIpc) is 3.23. The van der Waals surface area contributed by atoms with Crippen LogP contribution in [0.2, 0.25) is 0 Å². The summed E-state index contributed by atoms with van der Waals surface area (Å²) in [4.78, 5) is 13.3. The Hall–Kier alpha value is -3.28. The first-order chi connectivity index (χ1) is 13.6. The van der Waals surface area contributed by atoms with Gasteiger partial charge in [-0.25, -0.2) is 0 Å². The number of hydrogen-bond acceptors (Lipinski definition) is 4. The second kappa shape index (κ2) is 7.76. The van der Waals surface area contributed by atoms with Crippen LogP contribution in [0.3, 0.4) is 0 Å². The van der Waals surface area contributed by atoms with Crippen molar-refractivity contribution in [3.63, 3.8) is 0 Å². The van der Waals surface area contributed by atoms with Gasteiger partial charge in [-0.05, 0) is 47.2 Å². The van der Waals surface area contributed by atoms with Crippen LogP contribution in [-0.2, 0) is 13.0 Å². The van der Waals surface area contributed by atoms with Crippen LogP contribution in [0.25, 0.3) is 22.6 Å². The number of rotatable bonds is 6. The number of aromatic nitrogens is 5. The summed E-state index contributed by atoms with van der Waals surface area (Å²) in [5, 5.41) is 14.3. The zero-order valence-corrected chi connectivity index (χ0v) is 16.1. The minimum absolute atomic E-state index is 0.0645. The third kappa shape index (κ3) is 3.45. The Balaban J connectivity index is 1.75. The van der Waals surface area contributed by atoms with Crippen LogP contribution >= 0.6 is 0 Å². The van der Waals surface area contributed by atoms with Crippen LogP contribution in [0.4, 0.5) is 0 Å². The third-order valence-corrected chi connectivity index (χ3v) is 5.07. The minimum atomic E-state index is -0.0645. The second-order valence-corrected chi connectivity index (χ2v) is 7.28. The van der Waals surface area contributed by atoms with E-state index >= 15 is 0 Å². The number of H-pyrrole nitrogens is 1. The van der Waals surface area contributed by atoms with E-state index in [2.05, 4.69) is 58.7 Å². The quantitative estimate of drug-likeness (QED) is 0.556. The molecule has 0 saturated carbocycles. The Morgan fingerprint density at radius 1 is 1.07 bits per heavy atom. The number of benzene rings is 1. The molecule has 0 atom stereocenters. The summed E-state index contributed by atoms with van der Waals surface area (Å²) in [6.07, 6.45) is 1.80. The molecule has 0 saturated heterocycles. The molecule has 6 heteroatoms. The fraction of sp³-hybridized carbons (Fsp3) is 0.273. The molecule has 2 heterocycles. The van der Waals surface area contributed by atoms with Crippen molar-refractivity contribution < 1.29 is 0 Å². The van der Waals surface area contributed by atoms with E-state index in [1.807, 2.05) is 34.9 Å². The molecule has 1 aliphatic heterocycles. The highest BCUT2D eigenvalue weighted by Crippen LogP contribution is 2.32. The molecule has 0 fully saturated rings. The van der Waals surface area contributed by atoms with Crippen molar-refractivity contribution in [2.45, 2.75) is 39.2 Å². The van der Waals surface area contributed by atoms with Crippen LogP contribution in [0, 0.1) is 0 Å². The summed E-state index contributed by atoms with van der Waals surface area (Å²) in [7, 11) is 0. The summed E-state index contributed by atoms with van der Waals surface area (Å²) in [6, 6.07) is 18.5. The van der Waals surface area contributed by atoms with Crippen molar-refractivity contribution in [2.24, 2.45) is 0 Å². The number of fused-ring (bicyclic) bond motifs is 1. The number of aryl methyl sites for hydroxylation is 1. The number of nitrogens with zero attached hydrogens (tertiary/aromatic N) is 4. The van der Waals surface area contributed by atoms with E-state index in [4.69, 9.17) is 0 Å². The van der Waals surface area contributed by atoms with E-state index in [0.717, 1.165) is 24.1 Å².